The molecule has 0 aliphatic carbocycles. The van der Waals surface area contributed by atoms with E-state index >= 15 is 0 Å². The molecular weight excluding hydrogens is 166 g/mol. The summed E-state index contributed by atoms with van der Waals surface area (Å²) < 4.78 is 0. The summed E-state index contributed by atoms with van der Waals surface area (Å²) in [6.45, 7) is 11.1. The van der Waals surface area contributed by atoms with Crippen LogP contribution in [0.1, 0.15) is 41.0 Å². The molecule has 0 fully saturated rings. The van der Waals surface area contributed by atoms with Crippen LogP contribution in [0.15, 0.2) is 0 Å². The van der Waals surface area contributed by atoms with Gasteiger partial charge in [-0.1, -0.05) is 34.6 Å². The summed E-state index contributed by atoms with van der Waals surface area (Å²) in [5.41, 5.74) is 6.28. The van der Waals surface area contributed by atoms with Gasteiger partial charge in [0.25, 0.3) is 0 Å². The number of hydrogen-bond acceptors (Lipinski definition) is 2. The fourth-order valence-electron chi connectivity index (χ4n) is 0.636. The molecule has 0 radical (unpaired) electrons. The summed E-state index contributed by atoms with van der Waals surface area (Å²) in [5, 5.41) is 0.749. The normalized spacial score (nSPS) is 17.5. The van der Waals surface area contributed by atoms with Crippen LogP contribution in [-0.2, 0) is 0 Å². The molecule has 0 spiro atoms. The van der Waals surface area contributed by atoms with E-state index in [0.717, 1.165) is 11.0 Å². The Labute approximate surface area is 81.5 Å². The molecule has 2 N–H and O–H groups in total. The van der Waals surface area contributed by atoms with Gasteiger partial charge in [0.2, 0.25) is 0 Å². The highest BCUT2D eigenvalue weighted by molar-refractivity contribution is 7.99. The lowest BCUT2D eigenvalue weighted by atomic mass is 9.89. The van der Waals surface area contributed by atoms with Crippen molar-refractivity contribution in [3.8, 4) is 0 Å². The van der Waals surface area contributed by atoms with E-state index in [2.05, 4.69) is 34.6 Å². The van der Waals surface area contributed by atoms with Gasteiger partial charge in [-0.3, -0.25) is 0 Å². The van der Waals surface area contributed by atoms with Gasteiger partial charge in [0.1, 0.15) is 0 Å². The molecule has 0 amide bonds. The molecule has 0 aromatic rings. The van der Waals surface area contributed by atoms with Gasteiger partial charge >= 0.3 is 0 Å². The van der Waals surface area contributed by atoms with Gasteiger partial charge in [-0.15, -0.1) is 0 Å². The minimum absolute atomic E-state index is 0.250. The number of rotatable bonds is 4. The molecule has 0 aromatic heterocycles. The van der Waals surface area contributed by atoms with E-state index in [1.54, 1.807) is 0 Å². The fraction of sp³-hybridized carbons (Fsp3) is 1.00. The summed E-state index contributed by atoms with van der Waals surface area (Å²) in [5.74, 6) is 1.08. The van der Waals surface area contributed by atoms with Crippen LogP contribution in [-0.4, -0.2) is 17.0 Å². The zero-order chi connectivity index (χ0) is 9.78. The minimum atomic E-state index is 0.250. The maximum absolute atomic E-state index is 6.03. The first-order valence-corrected chi connectivity index (χ1v) is 5.80. The Morgan fingerprint density at radius 2 is 1.83 bits per heavy atom. The molecule has 0 heterocycles. The highest BCUT2D eigenvalue weighted by atomic mass is 32.2. The van der Waals surface area contributed by atoms with Crippen molar-refractivity contribution in [3.05, 3.63) is 0 Å². The van der Waals surface area contributed by atoms with E-state index in [-0.39, 0.29) is 5.41 Å². The Morgan fingerprint density at radius 1 is 1.33 bits per heavy atom. The van der Waals surface area contributed by atoms with Crippen molar-refractivity contribution in [1.82, 2.24) is 0 Å². The van der Waals surface area contributed by atoms with E-state index in [9.17, 15) is 0 Å². The lowest BCUT2D eigenvalue weighted by Crippen LogP contribution is -2.37. The predicted molar refractivity (Wildman–Crippen MR) is 59.6 cm³/mol. The molecule has 0 rings (SSSR count). The quantitative estimate of drug-likeness (QED) is 0.736. The zero-order valence-corrected chi connectivity index (χ0v) is 9.87. The van der Waals surface area contributed by atoms with Gasteiger partial charge in [-0.2, -0.15) is 11.8 Å². The Morgan fingerprint density at radius 3 is 2.17 bits per heavy atom. The molecule has 1 nitrogen and oxygen atoms in total. The molecule has 12 heavy (non-hydrogen) atoms. The standard InChI is InChI=1S/C10H23NS/c1-6-8(2)12-7-9(11)10(3,4)5/h8-9H,6-7,11H2,1-5H3. The van der Waals surface area contributed by atoms with Gasteiger partial charge in [-0.25, -0.2) is 0 Å². The second-order valence-corrected chi connectivity index (χ2v) is 6.00. The molecule has 0 aliphatic rings. The van der Waals surface area contributed by atoms with E-state index in [0.29, 0.717) is 6.04 Å². The van der Waals surface area contributed by atoms with Gasteiger partial charge in [0.15, 0.2) is 0 Å². The van der Waals surface area contributed by atoms with Crippen molar-refractivity contribution >= 4 is 11.8 Å². The van der Waals surface area contributed by atoms with Gasteiger partial charge in [0, 0.05) is 17.0 Å². The molecule has 0 saturated heterocycles. The third-order valence-electron chi connectivity index (χ3n) is 2.25. The molecule has 2 atom stereocenters. The van der Waals surface area contributed by atoms with E-state index in [1.807, 2.05) is 11.8 Å². The predicted octanol–water partition coefficient (Wildman–Crippen LogP) is 2.89. The second kappa shape index (κ2) is 5.13. The molecule has 2 heteroatoms. The highest BCUT2D eigenvalue weighted by Crippen LogP contribution is 2.23. The SMILES string of the molecule is CCC(C)SCC(N)C(C)(C)C. The van der Waals surface area contributed by atoms with Crippen LogP contribution >= 0.6 is 11.8 Å². The van der Waals surface area contributed by atoms with Crippen LogP contribution in [0.2, 0.25) is 0 Å². The van der Waals surface area contributed by atoms with E-state index in [4.69, 9.17) is 5.73 Å². The molecule has 0 saturated carbocycles. The first kappa shape index (κ1) is 12.3. The Balaban J connectivity index is 3.64. The molecule has 2 unspecified atom stereocenters. The minimum Gasteiger partial charge on any atom is -0.326 e. The summed E-state index contributed by atoms with van der Waals surface area (Å²) in [4.78, 5) is 0. The summed E-state index contributed by atoms with van der Waals surface area (Å²) in [7, 11) is 0. The van der Waals surface area contributed by atoms with Crippen LogP contribution in [0, 0.1) is 5.41 Å². The van der Waals surface area contributed by atoms with Crippen molar-refractivity contribution in [1.29, 1.82) is 0 Å². The van der Waals surface area contributed by atoms with Crippen molar-refractivity contribution in [2.45, 2.75) is 52.3 Å². The Bertz CT molecular complexity index is 117. The van der Waals surface area contributed by atoms with Crippen molar-refractivity contribution in [3.63, 3.8) is 0 Å². The van der Waals surface area contributed by atoms with Crippen LogP contribution < -0.4 is 5.73 Å². The number of nitrogens with two attached hydrogens (primary N) is 1. The largest absolute Gasteiger partial charge is 0.326 e. The summed E-state index contributed by atoms with van der Waals surface area (Å²) in [6.07, 6.45) is 1.24. The van der Waals surface area contributed by atoms with Crippen molar-refractivity contribution < 1.29 is 0 Å². The number of thioether (sulfide) groups is 1. The first-order chi connectivity index (χ1) is 5.38. The molecule has 0 bridgehead atoms. The van der Waals surface area contributed by atoms with E-state index < -0.39 is 0 Å². The highest BCUT2D eigenvalue weighted by Gasteiger charge is 2.20. The Hall–Kier alpha value is 0.310. The zero-order valence-electron chi connectivity index (χ0n) is 9.05. The van der Waals surface area contributed by atoms with Crippen molar-refractivity contribution in [2.75, 3.05) is 5.75 Å². The monoisotopic (exact) mass is 189 g/mol. The van der Waals surface area contributed by atoms with Crippen LogP contribution in [0.4, 0.5) is 0 Å². The molecule has 0 aliphatic heterocycles. The third kappa shape index (κ3) is 5.04. The maximum atomic E-state index is 6.03. The molecule has 74 valence electrons. The summed E-state index contributed by atoms with van der Waals surface area (Å²) >= 11 is 1.99. The molecule has 0 aromatic carbocycles. The van der Waals surface area contributed by atoms with Crippen LogP contribution in [0.3, 0.4) is 0 Å². The van der Waals surface area contributed by atoms with E-state index in [1.165, 1.54) is 6.42 Å². The van der Waals surface area contributed by atoms with Gasteiger partial charge in [-0.05, 0) is 11.8 Å². The lowest BCUT2D eigenvalue weighted by Gasteiger charge is -2.27. The second-order valence-electron chi connectivity index (χ2n) is 4.52. The lowest BCUT2D eigenvalue weighted by molar-refractivity contribution is 0.344. The van der Waals surface area contributed by atoms with Crippen LogP contribution in [0.25, 0.3) is 0 Å². The average Bonchev–Trinajstić information content (AvgIpc) is 1.97. The third-order valence-corrected chi connectivity index (χ3v) is 3.70. The Kier molecular flexibility index (Phi) is 5.26. The van der Waals surface area contributed by atoms with Gasteiger partial charge < -0.3 is 5.73 Å². The van der Waals surface area contributed by atoms with Crippen LogP contribution in [0.5, 0.6) is 0 Å². The smallest absolute Gasteiger partial charge is 0.0179 e. The van der Waals surface area contributed by atoms with Crippen molar-refractivity contribution in [2.24, 2.45) is 11.1 Å². The average molecular weight is 189 g/mol. The maximum Gasteiger partial charge on any atom is 0.0179 e. The van der Waals surface area contributed by atoms with Gasteiger partial charge in [0.05, 0.1) is 0 Å². The summed E-state index contributed by atoms with van der Waals surface area (Å²) in [6, 6.07) is 0.316. The number of hydrogen-bond donors (Lipinski definition) is 1. The molecular formula is C10H23NS. The topological polar surface area (TPSA) is 26.0 Å². The fourth-order valence-corrected chi connectivity index (χ4v) is 1.91. The first-order valence-electron chi connectivity index (χ1n) is 4.75.